The van der Waals surface area contributed by atoms with Gasteiger partial charge in [-0.2, -0.15) is 0 Å². The second-order valence-electron chi connectivity index (χ2n) is 16.4. The number of para-hydroxylation sites is 4. The van der Waals surface area contributed by atoms with Gasteiger partial charge in [-0.25, -0.2) is 0 Å². The van der Waals surface area contributed by atoms with E-state index in [1.807, 2.05) is 6.07 Å². The number of furan rings is 1. The SMILES string of the molecule is c1ccc(-c2ccccc2N(c2ccc(-c3ccc(-c4cccc5ccccc45)cc3)cc2)c2ccccc2-c2cccc3c2oc2ccccc23)c(-c2ccc3ccccc3c2)c1. The second-order valence-corrected chi connectivity index (χ2v) is 16.4. The molecule has 2 nitrogen and oxygen atoms in total. The third kappa shape index (κ3) is 6.52. The molecule has 1 heterocycles. The molecular formula is C62H41NO. The van der Waals surface area contributed by atoms with E-state index in [-0.39, 0.29) is 0 Å². The lowest BCUT2D eigenvalue weighted by atomic mass is 9.91. The van der Waals surface area contributed by atoms with Crippen molar-refractivity contribution < 1.29 is 4.42 Å². The zero-order valence-electron chi connectivity index (χ0n) is 35.0. The van der Waals surface area contributed by atoms with Gasteiger partial charge in [0.25, 0.3) is 0 Å². The smallest absolute Gasteiger partial charge is 0.143 e. The zero-order chi connectivity index (χ0) is 42.4. The van der Waals surface area contributed by atoms with Gasteiger partial charge in [0.2, 0.25) is 0 Å². The maximum Gasteiger partial charge on any atom is 0.143 e. The number of fused-ring (bicyclic) bond motifs is 5. The number of rotatable bonds is 8. The van der Waals surface area contributed by atoms with Gasteiger partial charge in [0.15, 0.2) is 0 Å². The Morgan fingerprint density at radius 3 is 1.52 bits per heavy atom. The predicted molar refractivity (Wildman–Crippen MR) is 271 cm³/mol. The largest absolute Gasteiger partial charge is 0.455 e. The quantitative estimate of drug-likeness (QED) is 0.152. The van der Waals surface area contributed by atoms with Crippen LogP contribution in [0.3, 0.4) is 0 Å². The van der Waals surface area contributed by atoms with Gasteiger partial charge < -0.3 is 9.32 Å². The van der Waals surface area contributed by atoms with E-state index in [2.05, 4.69) is 248 Å². The second kappa shape index (κ2) is 15.8. The first kappa shape index (κ1) is 37.3. The van der Waals surface area contributed by atoms with Crippen molar-refractivity contribution in [3.8, 4) is 55.6 Å². The molecule has 0 bridgehead atoms. The average Bonchev–Trinajstić information content (AvgIpc) is 3.76. The van der Waals surface area contributed by atoms with E-state index in [0.717, 1.165) is 66.8 Å². The third-order valence-electron chi connectivity index (χ3n) is 12.7. The molecule has 12 rings (SSSR count). The highest BCUT2D eigenvalue weighted by Gasteiger charge is 2.23. The van der Waals surface area contributed by atoms with Gasteiger partial charge in [-0.1, -0.05) is 212 Å². The molecule has 1 aromatic heterocycles. The standard InChI is InChI=1S/C62H41NO/c1-2-17-47-41-48(36-33-42(47)15-1)52-20-5-6-21-53(52)54-22-7-10-28-59(54)63(60-29-11-8-23-55(60)57-26-14-27-58-56-24-9-12-30-61(56)64-62(57)58)49-39-37-44(38-40-49)43-31-34-46(35-32-43)51-25-13-18-45-16-3-4-19-50(45)51/h1-41H. The Labute approximate surface area is 372 Å². The molecule has 300 valence electrons. The van der Waals surface area contributed by atoms with Crippen LogP contribution in [0.25, 0.3) is 99.1 Å². The van der Waals surface area contributed by atoms with Gasteiger partial charge in [0, 0.05) is 33.2 Å². The van der Waals surface area contributed by atoms with Crippen molar-refractivity contribution in [2.45, 2.75) is 0 Å². The Hall–Kier alpha value is -8.46. The van der Waals surface area contributed by atoms with Crippen LogP contribution in [0.4, 0.5) is 17.1 Å². The Balaban J connectivity index is 1.01. The molecule has 0 spiro atoms. The monoisotopic (exact) mass is 815 g/mol. The molecule has 0 saturated carbocycles. The van der Waals surface area contributed by atoms with Crippen LogP contribution in [-0.4, -0.2) is 0 Å². The fourth-order valence-corrected chi connectivity index (χ4v) is 9.61. The van der Waals surface area contributed by atoms with Crippen molar-refractivity contribution in [2.75, 3.05) is 4.90 Å². The molecular weight excluding hydrogens is 775 g/mol. The summed E-state index contributed by atoms with van der Waals surface area (Å²) >= 11 is 0. The van der Waals surface area contributed by atoms with Crippen LogP contribution in [0.5, 0.6) is 0 Å². The minimum absolute atomic E-state index is 0.883. The molecule has 0 aliphatic heterocycles. The first-order valence-corrected chi connectivity index (χ1v) is 21.9. The molecule has 0 atom stereocenters. The summed E-state index contributed by atoms with van der Waals surface area (Å²) in [5, 5.41) is 7.19. The van der Waals surface area contributed by atoms with Crippen molar-refractivity contribution in [2.24, 2.45) is 0 Å². The number of hydrogen-bond donors (Lipinski definition) is 0. The molecule has 64 heavy (non-hydrogen) atoms. The lowest BCUT2D eigenvalue weighted by molar-refractivity contribution is 0.670. The lowest BCUT2D eigenvalue weighted by Gasteiger charge is -2.30. The molecule has 0 unspecified atom stereocenters. The Morgan fingerprint density at radius 1 is 0.266 bits per heavy atom. The summed E-state index contributed by atoms with van der Waals surface area (Å²) < 4.78 is 6.68. The fourth-order valence-electron chi connectivity index (χ4n) is 9.61. The maximum atomic E-state index is 6.68. The minimum atomic E-state index is 0.883. The van der Waals surface area contributed by atoms with E-state index in [1.54, 1.807) is 0 Å². The Bertz CT molecular complexity index is 3670. The van der Waals surface area contributed by atoms with Crippen LogP contribution in [0, 0.1) is 0 Å². The molecule has 2 heteroatoms. The summed E-state index contributed by atoms with van der Waals surface area (Å²) in [7, 11) is 0. The highest BCUT2D eigenvalue weighted by Crippen LogP contribution is 2.48. The Morgan fingerprint density at radius 2 is 0.750 bits per heavy atom. The van der Waals surface area contributed by atoms with Gasteiger partial charge in [-0.05, 0) is 96.9 Å². The lowest BCUT2D eigenvalue weighted by Crippen LogP contribution is -2.12. The highest BCUT2D eigenvalue weighted by molar-refractivity contribution is 6.11. The zero-order valence-corrected chi connectivity index (χ0v) is 35.0. The number of anilines is 3. The average molecular weight is 816 g/mol. The molecule has 0 aliphatic rings. The van der Waals surface area contributed by atoms with E-state index < -0.39 is 0 Å². The van der Waals surface area contributed by atoms with Crippen LogP contribution >= 0.6 is 0 Å². The predicted octanol–water partition coefficient (Wildman–Crippen LogP) is 17.7. The number of hydrogen-bond acceptors (Lipinski definition) is 2. The van der Waals surface area contributed by atoms with Crippen molar-refractivity contribution in [3.63, 3.8) is 0 Å². The van der Waals surface area contributed by atoms with Gasteiger partial charge in [0.1, 0.15) is 11.2 Å². The van der Waals surface area contributed by atoms with Crippen molar-refractivity contribution in [1.29, 1.82) is 0 Å². The summed E-state index contributed by atoms with van der Waals surface area (Å²) in [6.45, 7) is 0. The summed E-state index contributed by atoms with van der Waals surface area (Å²) in [5.74, 6) is 0. The van der Waals surface area contributed by atoms with Crippen molar-refractivity contribution >= 4 is 60.5 Å². The first-order valence-electron chi connectivity index (χ1n) is 21.9. The van der Waals surface area contributed by atoms with Gasteiger partial charge in [0.05, 0.1) is 11.4 Å². The fraction of sp³-hybridized carbons (Fsp3) is 0. The summed E-state index contributed by atoms with van der Waals surface area (Å²) in [4.78, 5) is 2.43. The highest BCUT2D eigenvalue weighted by atomic mass is 16.3. The van der Waals surface area contributed by atoms with Crippen molar-refractivity contribution in [1.82, 2.24) is 0 Å². The van der Waals surface area contributed by atoms with Crippen LogP contribution < -0.4 is 4.90 Å². The maximum absolute atomic E-state index is 6.68. The van der Waals surface area contributed by atoms with Gasteiger partial charge in [-0.3, -0.25) is 0 Å². The van der Waals surface area contributed by atoms with E-state index in [1.165, 1.54) is 49.4 Å². The molecule has 0 aliphatic carbocycles. The third-order valence-corrected chi connectivity index (χ3v) is 12.7. The van der Waals surface area contributed by atoms with Crippen LogP contribution in [0.15, 0.2) is 253 Å². The van der Waals surface area contributed by atoms with E-state index in [4.69, 9.17) is 4.42 Å². The number of nitrogens with zero attached hydrogens (tertiary/aromatic N) is 1. The first-order chi connectivity index (χ1) is 31.7. The van der Waals surface area contributed by atoms with E-state index in [9.17, 15) is 0 Å². The molecule has 0 saturated heterocycles. The normalized spacial score (nSPS) is 11.4. The molecule has 0 amide bonds. The van der Waals surface area contributed by atoms with Crippen molar-refractivity contribution in [3.05, 3.63) is 249 Å². The van der Waals surface area contributed by atoms with Crippen LogP contribution in [-0.2, 0) is 0 Å². The van der Waals surface area contributed by atoms with Gasteiger partial charge in [-0.15, -0.1) is 0 Å². The molecule has 0 fully saturated rings. The molecule has 11 aromatic carbocycles. The topological polar surface area (TPSA) is 16.4 Å². The van der Waals surface area contributed by atoms with Crippen LogP contribution in [0.1, 0.15) is 0 Å². The number of benzene rings is 11. The summed E-state index contributed by atoms with van der Waals surface area (Å²) in [6, 6.07) is 89.7. The van der Waals surface area contributed by atoms with E-state index >= 15 is 0 Å². The van der Waals surface area contributed by atoms with Gasteiger partial charge >= 0.3 is 0 Å². The minimum Gasteiger partial charge on any atom is -0.455 e. The Kier molecular flexibility index (Phi) is 9.20. The molecule has 0 N–H and O–H groups in total. The summed E-state index contributed by atoms with van der Waals surface area (Å²) in [5.41, 5.74) is 16.5. The van der Waals surface area contributed by atoms with E-state index in [0.29, 0.717) is 0 Å². The molecule has 0 radical (unpaired) electrons. The molecule has 12 aromatic rings. The van der Waals surface area contributed by atoms with Crippen LogP contribution in [0.2, 0.25) is 0 Å². The summed E-state index contributed by atoms with van der Waals surface area (Å²) in [6.07, 6.45) is 0.